The van der Waals surface area contributed by atoms with Crippen LogP contribution in [0.15, 0.2) is 71.3 Å². The lowest BCUT2D eigenvalue weighted by atomic mass is 9.73. The standard InChI is InChI=1S/C22H16Cl2N2O2/c23-15-6-4-12(5-7-15)20-17(11-25)22(26)28-19-10-14(9-18(27)21(19)20)13-2-1-3-16(24)8-13/h1-8,14,20H,9-10,26H2. The van der Waals surface area contributed by atoms with E-state index in [2.05, 4.69) is 6.07 Å². The lowest BCUT2D eigenvalue weighted by molar-refractivity contribution is -0.117. The van der Waals surface area contributed by atoms with Crippen molar-refractivity contribution in [2.45, 2.75) is 24.7 Å². The van der Waals surface area contributed by atoms with Crippen molar-refractivity contribution in [2.24, 2.45) is 5.73 Å². The minimum absolute atomic E-state index is 0.0424. The van der Waals surface area contributed by atoms with Crippen molar-refractivity contribution in [3.8, 4) is 6.07 Å². The Morgan fingerprint density at radius 2 is 1.79 bits per heavy atom. The molecule has 2 N–H and O–H groups in total. The number of carbonyl (C=O) groups is 1. The van der Waals surface area contributed by atoms with Crippen molar-refractivity contribution in [1.29, 1.82) is 5.26 Å². The fourth-order valence-corrected chi connectivity index (χ4v) is 4.22. The predicted octanol–water partition coefficient (Wildman–Crippen LogP) is 5.20. The summed E-state index contributed by atoms with van der Waals surface area (Å²) in [4.78, 5) is 13.1. The van der Waals surface area contributed by atoms with Crippen LogP contribution in [0, 0.1) is 11.3 Å². The average molecular weight is 411 g/mol. The van der Waals surface area contributed by atoms with Gasteiger partial charge in [0.05, 0.1) is 5.92 Å². The second-order valence-corrected chi connectivity index (χ2v) is 7.77. The monoisotopic (exact) mass is 410 g/mol. The lowest BCUT2D eigenvalue weighted by Crippen LogP contribution is -2.29. The van der Waals surface area contributed by atoms with Crippen LogP contribution in [0.2, 0.25) is 10.0 Å². The normalized spacial score (nSPS) is 21.8. The number of carbonyl (C=O) groups excluding carboxylic acids is 1. The summed E-state index contributed by atoms with van der Waals surface area (Å²) in [6, 6.07) is 16.7. The van der Waals surface area contributed by atoms with Crippen molar-refractivity contribution >= 4 is 29.0 Å². The van der Waals surface area contributed by atoms with Crippen molar-refractivity contribution in [2.75, 3.05) is 0 Å². The van der Waals surface area contributed by atoms with Gasteiger partial charge in [0.1, 0.15) is 17.4 Å². The van der Waals surface area contributed by atoms with Crippen LogP contribution in [0.5, 0.6) is 0 Å². The van der Waals surface area contributed by atoms with Crippen molar-refractivity contribution in [3.05, 3.63) is 92.5 Å². The van der Waals surface area contributed by atoms with Crippen LogP contribution in [-0.2, 0) is 9.53 Å². The van der Waals surface area contributed by atoms with E-state index in [0.717, 1.165) is 11.1 Å². The number of benzene rings is 2. The van der Waals surface area contributed by atoms with Gasteiger partial charge in [0.25, 0.3) is 0 Å². The molecule has 2 aliphatic rings. The van der Waals surface area contributed by atoms with Crippen molar-refractivity contribution in [1.82, 2.24) is 0 Å². The SMILES string of the molecule is N#CC1=C(N)OC2=C(C(=O)CC(c3cccc(Cl)c3)C2)C1c1ccc(Cl)cc1. The van der Waals surface area contributed by atoms with E-state index in [0.29, 0.717) is 34.2 Å². The molecule has 0 spiro atoms. The zero-order valence-electron chi connectivity index (χ0n) is 14.8. The Morgan fingerprint density at radius 1 is 1.04 bits per heavy atom. The average Bonchev–Trinajstić information content (AvgIpc) is 2.67. The summed E-state index contributed by atoms with van der Waals surface area (Å²) in [5.41, 5.74) is 8.57. The molecule has 140 valence electrons. The fourth-order valence-electron chi connectivity index (χ4n) is 3.89. The molecule has 0 saturated carbocycles. The summed E-state index contributed by atoms with van der Waals surface area (Å²) in [5, 5.41) is 10.8. The number of nitrogens with two attached hydrogens (primary N) is 1. The number of halogens is 2. The molecule has 1 aliphatic heterocycles. The van der Waals surface area contributed by atoms with Gasteiger partial charge >= 0.3 is 0 Å². The Balaban J connectivity index is 1.78. The maximum atomic E-state index is 13.1. The first kappa shape index (κ1) is 18.6. The quantitative estimate of drug-likeness (QED) is 0.737. The topological polar surface area (TPSA) is 76.1 Å². The summed E-state index contributed by atoms with van der Waals surface area (Å²) < 4.78 is 5.76. The molecule has 0 radical (unpaired) electrons. The van der Waals surface area contributed by atoms with Crippen molar-refractivity contribution in [3.63, 3.8) is 0 Å². The lowest BCUT2D eigenvalue weighted by Gasteiger charge is -2.34. The fraction of sp³-hybridized carbons (Fsp3) is 0.182. The van der Waals surface area contributed by atoms with Gasteiger partial charge in [-0.2, -0.15) is 5.26 Å². The van der Waals surface area contributed by atoms with Gasteiger partial charge in [0.15, 0.2) is 5.78 Å². The first-order chi connectivity index (χ1) is 13.5. The smallest absolute Gasteiger partial charge is 0.205 e. The molecule has 6 heteroatoms. The van der Waals surface area contributed by atoms with Crippen LogP contribution in [-0.4, -0.2) is 5.78 Å². The Hall–Kier alpha value is -2.74. The van der Waals surface area contributed by atoms with Gasteiger partial charge in [-0.25, -0.2) is 0 Å². The van der Waals surface area contributed by atoms with E-state index in [1.807, 2.05) is 30.3 Å². The predicted molar refractivity (Wildman–Crippen MR) is 108 cm³/mol. The van der Waals surface area contributed by atoms with E-state index in [1.54, 1.807) is 18.2 Å². The third-order valence-corrected chi connectivity index (χ3v) is 5.67. The second-order valence-electron chi connectivity index (χ2n) is 6.90. The summed E-state index contributed by atoms with van der Waals surface area (Å²) in [6.07, 6.45) is 0.843. The van der Waals surface area contributed by atoms with E-state index in [-0.39, 0.29) is 23.2 Å². The zero-order valence-corrected chi connectivity index (χ0v) is 16.3. The van der Waals surface area contributed by atoms with E-state index >= 15 is 0 Å². The number of ketones is 1. The van der Waals surface area contributed by atoms with E-state index in [4.69, 9.17) is 33.7 Å². The number of ether oxygens (including phenoxy) is 1. The molecule has 2 aromatic carbocycles. The summed E-state index contributed by atoms with van der Waals surface area (Å²) in [5.74, 6) is -0.0732. The Labute approximate surface area is 172 Å². The molecule has 2 unspecified atom stereocenters. The molecule has 0 aromatic heterocycles. The summed E-state index contributed by atoms with van der Waals surface area (Å²) in [6.45, 7) is 0. The molecule has 1 heterocycles. The first-order valence-corrected chi connectivity index (χ1v) is 9.58. The molecular weight excluding hydrogens is 395 g/mol. The molecule has 2 atom stereocenters. The number of hydrogen-bond acceptors (Lipinski definition) is 4. The molecular formula is C22H16Cl2N2O2. The maximum Gasteiger partial charge on any atom is 0.205 e. The molecule has 4 nitrogen and oxygen atoms in total. The van der Waals surface area contributed by atoms with E-state index < -0.39 is 5.92 Å². The minimum atomic E-state index is -0.543. The van der Waals surface area contributed by atoms with Crippen LogP contribution in [0.25, 0.3) is 0 Å². The Bertz CT molecular complexity index is 1060. The number of nitrogens with zero attached hydrogens (tertiary/aromatic N) is 1. The maximum absolute atomic E-state index is 13.1. The van der Waals surface area contributed by atoms with Gasteiger partial charge in [0.2, 0.25) is 5.88 Å². The molecule has 0 saturated heterocycles. The second kappa shape index (κ2) is 7.35. The number of rotatable bonds is 2. The van der Waals surface area contributed by atoms with Gasteiger partial charge in [0, 0.05) is 28.5 Å². The highest BCUT2D eigenvalue weighted by Gasteiger charge is 2.40. The van der Waals surface area contributed by atoms with Gasteiger partial charge in [-0.05, 0) is 41.3 Å². The minimum Gasteiger partial charge on any atom is -0.444 e. The highest BCUT2D eigenvalue weighted by molar-refractivity contribution is 6.30. The number of nitriles is 1. The van der Waals surface area contributed by atoms with Crippen molar-refractivity contribution < 1.29 is 9.53 Å². The van der Waals surface area contributed by atoms with E-state index in [1.165, 1.54) is 0 Å². The molecule has 1 aliphatic carbocycles. The largest absolute Gasteiger partial charge is 0.444 e. The Kier molecular flexibility index (Phi) is 4.89. The van der Waals surface area contributed by atoms with Crippen LogP contribution >= 0.6 is 23.2 Å². The van der Waals surface area contributed by atoms with Crippen LogP contribution in [0.1, 0.15) is 35.8 Å². The molecule has 0 amide bonds. The van der Waals surface area contributed by atoms with Crippen LogP contribution in [0.3, 0.4) is 0 Å². The number of Topliss-reactive ketones (excluding diaryl/α,β-unsaturated/α-hetero) is 1. The number of allylic oxidation sites excluding steroid dienone is 3. The third kappa shape index (κ3) is 3.28. The molecule has 0 fully saturated rings. The van der Waals surface area contributed by atoms with Crippen LogP contribution in [0.4, 0.5) is 0 Å². The Morgan fingerprint density at radius 3 is 2.46 bits per heavy atom. The molecule has 4 rings (SSSR count). The number of hydrogen-bond donors (Lipinski definition) is 1. The first-order valence-electron chi connectivity index (χ1n) is 8.82. The van der Waals surface area contributed by atoms with Gasteiger partial charge in [-0.15, -0.1) is 0 Å². The van der Waals surface area contributed by atoms with E-state index in [9.17, 15) is 10.1 Å². The van der Waals surface area contributed by atoms with Gasteiger partial charge in [-0.3, -0.25) is 4.79 Å². The highest BCUT2D eigenvalue weighted by atomic mass is 35.5. The molecule has 2 aromatic rings. The summed E-state index contributed by atoms with van der Waals surface area (Å²) in [7, 11) is 0. The molecule has 28 heavy (non-hydrogen) atoms. The van der Waals surface area contributed by atoms with Gasteiger partial charge in [-0.1, -0.05) is 47.5 Å². The summed E-state index contributed by atoms with van der Waals surface area (Å²) >= 11 is 12.1. The zero-order chi connectivity index (χ0) is 19.8. The third-order valence-electron chi connectivity index (χ3n) is 5.18. The van der Waals surface area contributed by atoms with Gasteiger partial charge < -0.3 is 10.5 Å². The highest BCUT2D eigenvalue weighted by Crippen LogP contribution is 2.46. The molecule has 0 bridgehead atoms. The van der Waals surface area contributed by atoms with Crippen LogP contribution < -0.4 is 5.73 Å².